The summed E-state index contributed by atoms with van der Waals surface area (Å²) < 4.78 is 26.5. The van der Waals surface area contributed by atoms with Crippen molar-refractivity contribution in [3.05, 3.63) is 64.7 Å². The van der Waals surface area contributed by atoms with Crippen molar-refractivity contribution in [2.45, 2.75) is 53.6 Å². The third kappa shape index (κ3) is 7.05. The Balaban J connectivity index is 2.48. The number of hydrogen-bond donors (Lipinski definition) is 1. The summed E-state index contributed by atoms with van der Waals surface area (Å²) in [4.78, 5) is 27.9. The third-order valence-corrected chi connectivity index (χ3v) is 6.65. The standard InChI is InChI=1S/C25H35N3O4S/c1-7-23(25(30)26-8-2)27(16-21-12-10-9-11-20(21)5)24(29)17-28(33(6,31)32)22-14-18(3)13-19(4)15-22/h9-15,23H,7-8,16-17H2,1-6H3,(H,26,30). The van der Waals surface area contributed by atoms with Crippen LogP contribution in [0.5, 0.6) is 0 Å². The van der Waals surface area contributed by atoms with Crippen LogP contribution >= 0.6 is 0 Å². The monoisotopic (exact) mass is 473 g/mol. The zero-order chi connectivity index (χ0) is 24.8. The number of amides is 2. The highest BCUT2D eigenvalue weighted by atomic mass is 32.2. The van der Waals surface area contributed by atoms with Crippen molar-refractivity contribution in [3.8, 4) is 0 Å². The van der Waals surface area contributed by atoms with Crippen LogP contribution in [-0.4, -0.2) is 50.5 Å². The van der Waals surface area contributed by atoms with Crippen LogP contribution in [0.4, 0.5) is 5.69 Å². The minimum Gasteiger partial charge on any atom is -0.355 e. The number of aryl methyl sites for hydroxylation is 3. The molecule has 2 aromatic rings. The van der Waals surface area contributed by atoms with Gasteiger partial charge in [-0.2, -0.15) is 0 Å². The molecule has 0 aromatic heterocycles. The van der Waals surface area contributed by atoms with E-state index in [0.29, 0.717) is 18.7 Å². The molecule has 0 bridgehead atoms. The van der Waals surface area contributed by atoms with Crippen LogP contribution in [0.25, 0.3) is 0 Å². The minimum atomic E-state index is -3.74. The molecule has 0 aliphatic carbocycles. The van der Waals surface area contributed by atoms with E-state index in [4.69, 9.17) is 0 Å². The fourth-order valence-electron chi connectivity index (χ4n) is 3.89. The molecule has 0 aliphatic heterocycles. The number of nitrogens with one attached hydrogen (secondary N) is 1. The van der Waals surface area contributed by atoms with Gasteiger partial charge in [0.15, 0.2) is 0 Å². The SMILES string of the molecule is CCNC(=O)C(CC)N(Cc1ccccc1C)C(=O)CN(c1cc(C)cc(C)c1)S(C)(=O)=O. The summed E-state index contributed by atoms with van der Waals surface area (Å²) in [6.45, 7) is 9.65. The number of benzene rings is 2. The summed E-state index contributed by atoms with van der Waals surface area (Å²) in [5.41, 5.74) is 4.14. The summed E-state index contributed by atoms with van der Waals surface area (Å²) in [6, 6.07) is 12.4. The average Bonchev–Trinajstić information content (AvgIpc) is 2.71. The predicted octanol–water partition coefficient (Wildman–Crippen LogP) is 3.32. The number of anilines is 1. The van der Waals surface area contributed by atoms with Gasteiger partial charge in [-0.3, -0.25) is 13.9 Å². The van der Waals surface area contributed by atoms with Crippen molar-refractivity contribution in [2.24, 2.45) is 0 Å². The van der Waals surface area contributed by atoms with E-state index in [1.807, 2.05) is 65.0 Å². The summed E-state index contributed by atoms with van der Waals surface area (Å²) >= 11 is 0. The van der Waals surface area contributed by atoms with Gasteiger partial charge in [0.2, 0.25) is 21.8 Å². The van der Waals surface area contributed by atoms with Crippen molar-refractivity contribution < 1.29 is 18.0 Å². The zero-order valence-corrected chi connectivity index (χ0v) is 21.2. The number of hydrogen-bond acceptors (Lipinski definition) is 4. The lowest BCUT2D eigenvalue weighted by Crippen LogP contribution is -2.52. The molecular weight excluding hydrogens is 438 g/mol. The molecule has 1 N–H and O–H groups in total. The number of sulfonamides is 1. The van der Waals surface area contributed by atoms with Gasteiger partial charge >= 0.3 is 0 Å². The Morgan fingerprint density at radius 1 is 1.00 bits per heavy atom. The lowest BCUT2D eigenvalue weighted by Gasteiger charge is -2.33. The third-order valence-electron chi connectivity index (χ3n) is 5.51. The van der Waals surface area contributed by atoms with E-state index in [1.54, 1.807) is 12.1 Å². The van der Waals surface area contributed by atoms with Crippen LogP contribution in [0.2, 0.25) is 0 Å². The molecule has 2 amide bonds. The summed E-state index contributed by atoms with van der Waals surface area (Å²) in [5.74, 6) is -0.680. The van der Waals surface area contributed by atoms with E-state index in [9.17, 15) is 18.0 Å². The highest BCUT2D eigenvalue weighted by molar-refractivity contribution is 7.92. The lowest BCUT2D eigenvalue weighted by atomic mass is 10.1. The van der Waals surface area contributed by atoms with Crippen molar-refractivity contribution in [2.75, 3.05) is 23.7 Å². The lowest BCUT2D eigenvalue weighted by molar-refractivity contribution is -0.140. The zero-order valence-electron chi connectivity index (χ0n) is 20.4. The molecular formula is C25H35N3O4S. The Hall–Kier alpha value is -2.87. The summed E-state index contributed by atoms with van der Waals surface area (Å²) in [7, 11) is -3.74. The fraction of sp³-hybridized carbons (Fsp3) is 0.440. The minimum absolute atomic E-state index is 0.214. The number of rotatable bonds is 10. The predicted molar refractivity (Wildman–Crippen MR) is 133 cm³/mol. The van der Waals surface area contributed by atoms with Gasteiger partial charge in [0.25, 0.3) is 0 Å². The number of carbonyl (C=O) groups is 2. The topological polar surface area (TPSA) is 86.8 Å². The van der Waals surface area contributed by atoms with Gasteiger partial charge in [-0.1, -0.05) is 37.3 Å². The Bertz CT molecular complexity index is 1080. The maximum Gasteiger partial charge on any atom is 0.244 e. The molecule has 0 radical (unpaired) electrons. The molecule has 1 unspecified atom stereocenters. The molecule has 0 saturated heterocycles. The van der Waals surface area contributed by atoms with Crippen LogP contribution < -0.4 is 9.62 Å². The second kappa shape index (κ2) is 11.3. The molecule has 0 heterocycles. The molecule has 8 heteroatoms. The molecule has 0 spiro atoms. The normalized spacial score (nSPS) is 12.2. The smallest absolute Gasteiger partial charge is 0.244 e. The van der Waals surface area contributed by atoms with Crippen molar-refractivity contribution in [3.63, 3.8) is 0 Å². The molecule has 2 rings (SSSR count). The van der Waals surface area contributed by atoms with E-state index in [2.05, 4.69) is 5.32 Å². The summed E-state index contributed by atoms with van der Waals surface area (Å²) in [5, 5.41) is 2.80. The maximum absolute atomic E-state index is 13.6. The van der Waals surface area contributed by atoms with Gasteiger partial charge in [0.05, 0.1) is 11.9 Å². The Morgan fingerprint density at radius 3 is 2.12 bits per heavy atom. The number of nitrogens with zero attached hydrogens (tertiary/aromatic N) is 2. The number of carbonyl (C=O) groups excluding carboxylic acids is 2. The van der Waals surface area contributed by atoms with Gasteiger partial charge in [0, 0.05) is 13.1 Å². The Kier molecular flexibility index (Phi) is 9.05. The first-order valence-corrected chi connectivity index (χ1v) is 13.0. The van der Waals surface area contributed by atoms with E-state index in [1.165, 1.54) is 4.90 Å². The number of likely N-dealkylation sites (N-methyl/N-ethyl adjacent to an activating group) is 1. The Labute approximate surface area is 197 Å². The maximum atomic E-state index is 13.6. The highest BCUT2D eigenvalue weighted by Crippen LogP contribution is 2.23. The molecule has 0 fully saturated rings. The quantitative estimate of drug-likeness (QED) is 0.574. The first-order valence-electron chi connectivity index (χ1n) is 11.2. The fourth-order valence-corrected chi connectivity index (χ4v) is 4.72. The van der Waals surface area contributed by atoms with Gasteiger partial charge in [0.1, 0.15) is 12.6 Å². The first kappa shape index (κ1) is 26.4. The molecule has 180 valence electrons. The second-order valence-corrected chi connectivity index (χ2v) is 10.3. The van der Waals surface area contributed by atoms with Crippen LogP contribution in [0.3, 0.4) is 0 Å². The molecule has 33 heavy (non-hydrogen) atoms. The highest BCUT2D eigenvalue weighted by Gasteiger charge is 2.31. The molecule has 0 aliphatic rings. The van der Waals surface area contributed by atoms with E-state index >= 15 is 0 Å². The largest absolute Gasteiger partial charge is 0.355 e. The molecule has 2 aromatic carbocycles. The molecule has 1 atom stereocenters. The van der Waals surface area contributed by atoms with Gasteiger partial charge in [-0.25, -0.2) is 8.42 Å². The van der Waals surface area contributed by atoms with E-state index in [-0.39, 0.29) is 19.0 Å². The van der Waals surface area contributed by atoms with Crippen LogP contribution in [0, 0.1) is 20.8 Å². The van der Waals surface area contributed by atoms with Crippen LogP contribution in [-0.2, 0) is 26.2 Å². The Morgan fingerprint density at radius 2 is 1.61 bits per heavy atom. The van der Waals surface area contributed by atoms with Gasteiger partial charge < -0.3 is 10.2 Å². The van der Waals surface area contributed by atoms with Crippen molar-refractivity contribution in [1.82, 2.24) is 10.2 Å². The second-order valence-electron chi connectivity index (χ2n) is 8.38. The van der Waals surface area contributed by atoms with Gasteiger partial charge in [-0.15, -0.1) is 0 Å². The molecule has 0 saturated carbocycles. The average molecular weight is 474 g/mol. The summed E-state index contributed by atoms with van der Waals surface area (Å²) in [6.07, 6.45) is 1.50. The van der Waals surface area contributed by atoms with Crippen LogP contribution in [0.15, 0.2) is 42.5 Å². The van der Waals surface area contributed by atoms with Crippen molar-refractivity contribution in [1.29, 1.82) is 0 Å². The van der Waals surface area contributed by atoms with Crippen LogP contribution in [0.1, 0.15) is 42.5 Å². The van der Waals surface area contributed by atoms with E-state index < -0.39 is 22.0 Å². The first-order chi connectivity index (χ1) is 15.5. The van der Waals surface area contributed by atoms with Gasteiger partial charge in [-0.05, 0) is 68.5 Å². The van der Waals surface area contributed by atoms with E-state index in [0.717, 1.165) is 32.8 Å². The van der Waals surface area contributed by atoms with Crippen molar-refractivity contribution >= 4 is 27.5 Å². The molecule has 7 nitrogen and oxygen atoms in total.